The molecule has 0 spiro atoms. The van der Waals surface area contributed by atoms with Gasteiger partial charge in [-0.15, -0.1) is 0 Å². The average Bonchev–Trinajstić information content (AvgIpc) is 3.13. The number of hydrogen-bond donors (Lipinski definition) is 2. The zero-order chi connectivity index (χ0) is 37.1. The van der Waals surface area contributed by atoms with Gasteiger partial charge in [0.1, 0.15) is 23.6 Å². The van der Waals surface area contributed by atoms with Crippen molar-refractivity contribution in [2.45, 2.75) is 58.5 Å². The summed E-state index contributed by atoms with van der Waals surface area (Å²) in [5, 5.41) is 5.87. The molecule has 4 amide bonds. The second kappa shape index (κ2) is 17.5. The normalized spacial score (nSPS) is 15.1. The largest absolute Gasteiger partial charge is 0.497 e. The molecule has 2 N–H and O–H groups in total. The van der Waals surface area contributed by atoms with Gasteiger partial charge in [-0.2, -0.15) is 0 Å². The van der Waals surface area contributed by atoms with Gasteiger partial charge in [-0.1, -0.05) is 69.3 Å². The van der Waals surface area contributed by atoms with Crippen LogP contribution >= 0.6 is 0 Å². The molecule has 0 radical (unpaired) electrons. The van der Waals surface area contributed by atoms with E-state index in [-0.39, 0.29) is 24.7 Å². The topological polar surface area (TPSA) is 117 Å². The molecular formula is C41H50N4O6. The second-order valence-corrected chi connectivity index (χ2v) is 13.6. The number of carbonyl (C=O) groups excluding carboxylic acids is 4. The first-order valence-corrected chi connectivity index (χ1v) is 17.2. The number of nitrogens with one attached hydrogen (secondary N) is 2. The van der Waals surface area contributed by atoms with E-state index < -0.39 is 29.3 Å². The van der Waals surface area contributed by atoms with E-state index in [2.05, 4.69) is 29.7 Å². The minimum absolute atomic E-state index is 0.208. The van der Waals surface area contributed by atoms with Crippen LogP contribution in [0.2, 0.25) is 0 Å². The van der Waals surface area contributed by atoms with Crippen LogP contribution < -0.4 is 29.9 Å². The molecule has 0 bridgehead atoms. The van der Waals surface area contributed by atoms with Gasteiger partial charge in [0.05, 0.1) is 19.6 Å². The van der Waals surface area contributed by atoms with Crippen LogP contribution in [0.5, 0.6) is 11.5 Å². The summed E-state index contributed by atoms with van der Waals surface area (Å²) in [7, 11) is 6.47. The number of methoxy groups -OCH3 is 2. The van der Waals surface area contributed by atoms with Crippen molar-refractivity contribution in [3.8, 4) is 11.5 Å². The van der Waals surface area contributed by atoms with Crippen molar-refractivity contribution in [1.29, 1.82) is 0 Å². The number of carbonyl (C=O) groups is 4. The number of likely N-dealkylation sites (N-methyl/N-ethyl adjacent to an activating group) is 2. The Morgan fingerprint density at radius 1 is 0.765 bits per heavy atom. The van der Waals surface area contributed by atoms with Crippen LogP contribution in [-0.4, -0.2) is 64.0 Å². The molecular weight excluding hydrogens is 644 g/mol. The number of benzene rings is 3. The fraction of sp³-hybridized carbons (Fsp3) is 0.366. The predicted molar refractivity (Wildman–Crippen MR) is 201 cm³/mol. The molecule has 1 aliphatic carbocycles. The van der Waals surface area contributed by atoms with Crippen LogP contribution in [-0.2, 0) is 25.6 Å². The van der Waals surface area contributed by atoms with Gasteiger partial charge in [0.2, 0.25) is 23.6 Å². The average molecular weight is 695 g/mol. The molecule has 10 nitrogen and oxygen atoms in total. The lowest BCUT2D eigenvalue weighted by molar-refractivity contribution is -0.137. The Morgan fingerprint density at radius 2 is 1.27 bits per heavy atom. The van der Waals surface area contributed by atoms with Gasteiger partial charge in [0.25, 0.3) is 0 Å². The Labute approximate surface area is 301 Å². The molecule has 0 fully saturated rings. The summed E-state index contributed by atoms with van der Waals surface area (Å²) in [4.78, 5) is 58.4. The Kier molecular flexibility index (Phi) is 13.2. The first-order valence-electron chi connectivity index (χ1n) is 17.2. The predicted octanol–water partition coefficient (Wildman–Crippen LogP) is 5.87. The molecule has 0 saturated heterocycles. The summed E-state index contributed by atoms with van der Waals surface area (Å²) < 4.78 is 10.5. The summed E-state index contributed by atoms with van der Waals surface area (Å²) in [6.07, 6.45) is 7.43. The van der Waals surface area contributed by atoms with E-state index in [0.29, 0.717) is 35.2 Å². The third-order valence-electron chi connectivity index (χ3n) is 9.10. The Morgan fingerprint density at radius 3 is 1.76 bits per heavy atom. The van der Waals surface area contributed by atoms with Crippen molar-refractivity contribution in [3.05, 3.63) is 108 Å². The van der Waals surface area contributed by atoms with Gasteiger partial charge < -0.3 is 29.9 Å². The monoisotopic (exact) mass is 694 g/mol. The molecule has 1 unspecified atom stereocenters. The van der Waals surface area contributed by atoms with E-state index in [4.69, 9.17) is 9.47 Å². The van der Waals surface area contributed by atoms with Gasteiger partial charge in [0, 0.05) is 44.7 Å². The van der Waals surface area contributed by atoms with E-state index in [1.165, 1.54) is 9.80 Å². The zero-order valence-corrected chi connectivity index (χ0v) is 30.6. The lowest BCUT2D eigenvalue weighted by Gasteiger charge is -2.30. The van der Waals surface area contributed by atoms with Crippen LogP contribution in [0.15, 0.2) is 103 Å². The van der Waals surface area contributed by atoms with E-state index >= 15 is 0 Å². The third-order valence-corrected chi connectivity index (χ3v) is 9.10. The van der Waals surface area contributed by atoms with E-state index in [9.17, 15) is 19.2 Å². The molecule has 10 heteroatoms. The standard InChI is InChI=1S/C41H50N4O6/c1-28-12-11-15-30(24-28)26-35(38(47)44(4)31-16-20-33(50-6)21-17-31)42-37(46)27-41(2,3)40(49)43-36(25-29-13-9-8-10-14-29)39(48)45(5)32-18-22-34(51-7)23-19-32/h8-11,13-24,28,35-36H,12,25-27H2,1-7H3,(H,42,46)(H,43,49)/t28?,35-,36-/m0/s1. The molecule has 0 aromatic heterocycles. The number of anilines is 2. The SMILES string of the molecule is COc1ccc(N(C)C(=O)[C@H](CC2=CC(C)CC=C2)NC(=O)CC(C)(C)C(=O)N[C@@H](Cc2ccccc2)C(=O)N(C)c2ccc(OC)cc2)cc1. The number of amides is 4. The lowest BCUT2D eigenvalue weighted by atomic mass is 9.86. The van der Waals surface area contributed by atoms with Crippen LogP contribution in [0, 0.1) is 11.3 Å². The highest BCUT2D eigenvalue weighted by atomic mass is 16.5. The maximum absolute atomic E-state index is 13.9. The highest BCUT2D eigenvalue weighted by Crippen LogP contribution is 2.26. The molecule has 0 aliphatic heterocycles. The van der Waals surface area contributed by atoms with Crippen LogP contribution in [0.25, 0.3) is 0 Å². The van der Waals surface area contributed by atoms with E-state index in [0.717, 1.165) is 17.6 Å². The van der Waals surface area contributed by atoms with Crippen molar-refractivity contribution in [2.75, 3.05) is 38.1 Å². The fourth-order valence-electron chi connectivity index (χ4n) is 5.96. The minimum atomic E-state index is -1.22. The molecule has 3 aromatic carbocycles. The fourth-order valence-corrected chi connectivity index (χ4v) is 5.96. The number of hydrogen-bond acceptors (Lipinski definition) is 6. The molecule has 3 atom stereocenters. The number of allylic oxidation sites excluding steroid dienone is 3. The maximum Gasteiger partial charge on any atom is 0.249 e. The van der Waals surface area contributed by atoms with E-state index in [1.807, 2.05) is 36.4 Å². The van der Waals surface area contributed by atoms with Crippen LogP contribution in [0.4, 0.5) is 11.4 Å². The van der Waals surface area contributed by atoms with Crippen molar-refractivity contribution in [3.63, 3.8) is 0 Å². The molecule has 0 saturated carbocycles. The first kappa shape index (κ1) is 38.4. The van der Waals surface area contributed by atoms with Crippen molar-refractivity contribution < 1.29 is 28.7 Å². The first-order chi connectivity index (χ1) is 24.3. The van der Waals surface area contributed by atoms with Gasteiger partial charge in [0.15, 0.2) is 0 Å². The molecule has 270 valence electrons. The number of ether oxygens (including phenoxy) is 2. The van der Waals surface area contributed by atoms with Gasteiger partial charge in [-0.05, 0) is 72.0 Å². The summed E-state index contributed by atoms with van der Waals surface area (Å²) in [6, 6.07) is 21.8. The third kappa shape index (κ3) is 10.6. The molecule has 4 rings (SSSR count). The zero-order valence-electron chi connectivity index (χ0n) is 30.6. The Hall–Kier alpha value is -5.38. The van der Waals surface area contributed by atoms with Gasteiger partial charge >= 0.3 is 0 Å². The highest BCUT2D eigenvalue weighted by Gasteiger charge is 2.36. The highest BCUT2D eigenvalue weighted by molar-refractivity contribution is 6.01. The smallest absolute Gasteiger partial charge is 0.249 e. The van der Waals surface area contributed by atoms with Gasteiger partial charge in [-0.3, -0.25) is 19.2 Å². The molecule has 0 heterocycles. The summed E-state index contributed by atoms with van der Waals surface area (Å²) in [5.74, 6) is 0.120. The van der Waals surface area contributed by atoms with Crippen LogP contribution in [0.1, 0.15) is 45.6 Å². The summed E-state index contributed by atoms with van der Waals surface area (Å²) in [5.41, 5.74) is 1.90. The lowest BCUT2D eigenvalue weighted by Crippen LogP contribution is -2.53. The molecule has 1 aliphatic rings. The van der Waals surface area contributed by atoms with Crippen LogP contribution in [0.3, 0.4) is 0 Å². The molecule has 51 heavy (non-hydrogen) atoms. The van der Waals surface area contributed by atoms with Crippen molar-refractivity contribution in [2.24, 2.45) is 11.3 Å². The Balaban J connectivity index is 1.51. The maximum atomic E-state index is 13.9. The van der Waals surface area contributed by atoms with Gasteiger partial charge in [-0.25, -0.2) is 0 Å². The minimum Gasteiger partial charge on any atom is -0.497 e. The molecule has 3 aromatic rings. The van der Waals surface area contributed by atoms with Crippen molar-refractivity contribution in [1.82, 2.24) is 10.6 Å². The van der Waals surface area contributed by atoms with E-state index in [1.54, 1.807) is 90.7 Å². The van der Waals surface area contributed by atoms with Crippen molar-refractivity contribution >= 4 is 35.0 Å². The second-order valence-electron chi connectivity index (χ2n) is 13.6. The summed E-state index contributed by atoms with van der Waals surface area (Å²) >= 11 is 0. The summed E-state index contributed by atoms with van der Waals surface area (Å²) in [6.45, 7) is 5.43. The Bertz CT molecular complexity index is 1720. The quantitative estimate of drug-likeness (QED) is 0.206. The number of nitrogens with zero attached hydrogens (tertiary/aromatic N) is 2. The number of rotatable bonds is 15.